The molecule has 0 aromatic heterocycles. The number of rotatable bonds is 7. The van der Waals surface area contributed by atoms with Crippen molar-refractivity contribution >= 4 is 28.9 Å². The number of nitro benzene ring substituents is 1. The van der Waals surface area contributed by atoms with Crippen LogP contribution < -0.4 is 9.64 Å². The molecule has 0 unspecified atom stereocenters. The number of nitro groups is 1. The number of nitriles is 1. The van der Waals surface area contributed by atoms with Crippen molar-refractivity contribution in [3.05, 3.63) is 99.1 Å². The van der Waals surface area contributed by atoms with Crippen molar-refractivity contribution in [2.45, 2.75) is 6.54 Å². The molecule has 0 saturated heterocycles. The van der Waals surface area contributed by atoms with Gasteiger partial charge in [-0.3, -0.25) is 14.9 Å². The second-order valence-electron chi connectivity index (χ2n) is 6.25. The molecule has 30 heavy (non-hydrogen) atoms. The van der Waals surface area contributed by atoms with E-state index in [0.29, 0.717) is 10.7 Å². The molecule has 0 saturated carbocycles. The van der Waals surface area contributed by atoms with Gasteiger partial charge in [0.1, 0.15) is 6.07 Å². The second kappa shape index (κ2) is 9.54. The van der Waals surface area contributed by atoms with E-state index in [9.17, 15) is 20.2 Å². The Balaban J connectivity index is 1.91. The van der Waals surface area contributed by atoms with Crippen molar-refractivity contribution in [1.29, 1.82) is 5.26 Å². The minimum atomic E-state index is -0.577. The van der Waals surface area contributed by atoms with E-state index in [1.54, 1.807) is 12.1 Å². The normalized spacial score (nSPS) is 10.1. The fraction of sp³-hybridized carbons (Fsp3) is 0.0909. The lowest BCUT2D eigenvalue weighted by molar-refractivity contribution is -0.385. The lowest BCUT2D eigenvalue weighted by atomic mass is 10.1. The van der Waals surface area contributed by atoms with Crippen molar-refractivity contribution in [3.63, 3.8) is 0 Å². The lowest BCUT2D eigenvalue weighted by Gasteiger charge is -2.24. The number of anilines is 1. The van der Waals surface area contributed by atoms with Crippen LogP contribution in [0.3, 0.4) is 0 Å². The molecule has 0 spiro atoms. The summed E-state index contributed by atoms with van der Waals surface area (Å²) in [6, 6.07) is 21.7. The summed E-state index contributed by atoms with van der Waals surface area (Å²) in [6.07, 6.45) is 0. The molecule has 1 amide bonds. The fourth-order valence-electron chi connectivity index (χ4n) is 2.84. The number of benzene rings is 3. The molecule has 3 aromatic rings. The van der Waals surface area contributed by atoms with Crippen LogP contribution >= 0.6 is 11.6 Å². The number of carbonyl (C=O) groups excluding carboxylic acids is 1. The predicted molar refractivity (Wildman–Crippen MR) is 112 cm³/mol. The van der Waals surface area contributed by atoms with E-state index in [0.717, 1.165) is 5.56 Å². The highest BCUT2D eigenvalue weighted by Crippen LogP contribution is 2.28. The molecule has 0 aliphatic rings. The van der Waals surface area contributed by atoms with E-state index < -0.39 is 17.4 Å². The average molecular weight is 422 g/mol. The van der Waals surface area contributed by atoms with Crippen molar-refractivity contribution in [3.8, 4) is 11.8 Å². The number of nitrogens with zero attached hydrogens (tertiary/aromatic N) is 3. The SMILES string of the molecule is N#Cc1ccc(Cl)cc1N(Cc1ccccc1)C(=O)COc1ccccc1[N+](=O)[O-]. The highest BCUT2D eigenvalue weighted by Gasteiger charge is 2.22. The number of carbonyl (C=O) groups is 1. The number of para-hydroxylation sites is 2. The third kappa shape index (κ3) is 4.93. The van der Waals surface area contributed by atoms with Gasteiger partial charge in [-0.1, -0.05) is 54.1 Å². The molecular weight excluding hydrogens is 406 g/mol. The van der Waals surface area contributed by atoms with Crippen molar-refractivity contribution in [2.24, 2.45) is 0 Å². The minimum Gasteiger partial charge on any atom is -0.477 e. The van der Waals surface area contributed by atoms with Crippen LogP contribution in [0, 0.1) is 21.4 Å². The van der Waals surface area contributed by atoms with Gasteiger partial charge < -0.3 is 9.64 Å². The molecule has 3 aromatic carbocycles. The molecule has 0 bridgehead atoms. The topological polar surface area (TPSA) is 96.5 Å². The Morgan fingerprint density at radius 3 is 2.50 bits per heavy atom. The molecule has 8 heteroatoms. The first-order chi connectivity index (χ1) is 14.5. The summed E-state index contributed by atoms with van der Waals surface area (Å²) in [5.74, 6) is -0.488. The number of hydrogen-bond donors (Lipinski definition) is 0. The molecule has 0 heterocycles. The van der Waals surface area contributed by atoms with E-state index in [1.165, 1.54) is 35.2 Å². The Bertz CT molecular complexity index is 1110. The first kappa shape index (κ1) is 20.8. The van der Waals surface area contributed by atoms with Crippen molar-refractivity contribution < 1.29 is 14.5 Å². The van der Waals surface area contributed by atoms with E-state index >= 15 is 0 Å². The Hall–Kier alpha value is -3.89. The third-order valence-electron chi connectivity index (χ3n) is 4.27. The molecule has 7 nitrogen and oxygen atoms in total. The largest absolute Gasteiger partial charge is 0.477 e. The molecule has 0 fully saturated rings. The molecule has 0 radical (unpaired) electrons. The second-order valence-corrected chi connectivity index (χ2v) is 6.69. The van der Waals surface area contributed by atoms with Crippen LogP contribution in [-0.2, 0) is 11.3 Å². The minimum absolute atomic E-state index is 0.0119. The number of ether oxygens (including phenoxy) is 1. The average Bonchev–Trinajstić information content (AvgIpc) is 2.76. The van der Waals surface area contributed by atoms with Gasteiger partial charge in [-0.05, 0) is 29.8 Å². The van der Waals surface area contributed by atoms with E-state index in [4.69, 9.17) is 16.3 Å². The van der Waals surface area contributed by atoms with Gasteiger partial charge in [0.2, 0.25) is 0 Å². The lowest BCUT2D eigenvalue weighted by Crippen LogP contribution is -2.35. The molecular formula is C22H16ClN3O4. The van der Waals surface area contributed by atoms with E-state index in [1.807, 2.05) is 30.3 Å². The van der Waals surface area contributed by atoms with Gasteiger partial charge in [-0.25, -0.2) is 0 Å². The van der Waals surface area contributed by atoms with Crippen LogP contribution in [0.25, 0.3) is 0 Å². The summed E-state index contributed by atoms with van der Waals surface area (Å²) >= 11 is 6.10. The number of amides is 1. The molecule has 3 rings (SSSR count). The summed E-state index contributed by atoms with van der Waals surface area (Å²) in [6.45, 7) is -0.274. The highest BCUT2D eigenvalue weighted by molar-refractivity contribution is 6.31. The van der Waals surface area contributed by atoms with E-state index in [2.05, 4.69) is 6.07 Å². The van der Waals surface area contributed by atoms with Gasteiger partial charge in [0, 0.05) is 11.1 Å². The van der Waals surface area contributed by atoms with Gasteiger partial charge in [0.05, 0.1) is 22.7 Å². The zero-order chi connectivity index (χ0) is 21.5. The molecule has 150 valence electrons. The predicted octanol–water partition coefficient (Wildman–Crippen LogP) is 4.73. The number of halogens is 1. The first-order valence-corrected chi connectivity index (χ1v) is 9.27. The van der Waals surface area contributed by atoms with Gasteiger partial charge in [0.15, 0.2) is 12.4 Å². The molecule has 0 N–H and O–H groups in total. The summed E-state index contributed by atoms with van der Waals surface area (Å²) in [4.78, 5) is 25.0. The maximum absolute atomic E-state index is 13.1. The van der Waals surface area contributed by atoms with Crippen LogP contribution in [-0.4, -0.2) is 17.4 Å². The maximum atomic E-state index is 13.1. The maximum Gasteiger partial charge on any atom is 0.310 e. The van der Waals surface area contributed by atoms with Crippen molar-refractivity contribution in [1.82, 2.24) is 0 Å². The van der Waals surface area contributed by atoms with Crippen LogP contribution in [0.4, 0.5) is 11.4 Å². The van der Waals surface area contributed by atoms with E-state index in [-0.39, 0.29) is 23.5 Å². The summed E-state index contributed by atoms with van der Waals surface area (Å²) < 4.78 is 5.46. The summed E-state index contributed by atoms with van der Waals surface area (Å²) in [5, 5.41) is 21.0. The highest BCUT2D eigenvalue weighted by atomic mass is 35.5. The van der Waals surface area contributed by atoms with Gasteiger partial charge in [-0.15, -0.1) is 0 Å². The third-order valence-corrected chi connectivity index (χ3v) is 4.50. The summed E-state index contributed by atoms with van der Waals surface area (Å²) in [5.41, 5.74) is 1.21. The molecule has 0 atom stereocenters. The van der Waals surface area contributed by atoms with Gasteiger partial charge in [-0.2, -0.15) is 5.26 Å². The van der Waals surface area contributed by atoms with Crippen LogP contribution in [0.2, 0.25) is 5.02 Å². The van der Waals surface area contributed by atoms with Crippen LogP contribution in [0.1, 0.15) is 11.1 Å². The quantitative estimate of drug-likeness (QED) is 0.405. The first-order valence-electron chi connectivity index (χ1n) is 8.89. The Morgan fingerprint density at radius 2 is 1.80 bits per heavy atom. The molecule has 0 aliphatic heterocycles. The zero-order valence-corrected chi connectivity index (χ0v) is 16.5. The zero-order valence-electron chi connectivity index (χ0n) is 15.7. The monoisotopic (exact) mass is 421 g/mol. The standard InChI is InChI=1S/C22H16ClN3O4/c23-18-11-10-17(13-24)20(12-18)25(14-16-6-2-1-3-7-16)22(27)15-30-21-9-5-4-8-19(21)26(28)29/h1-12H,14-15H2. The Morgan fingerprint density at radius 1 is 1.10 bits per heavy atom. The van der Waals surface area contributed by atoms with Gasteiger partial charge >= 0.3 is 5.69 Å². The smallest absolute Gasteiger partial charge is 0.310 e. The van der Waals surface area contributed by atoms with Crippen LogP contribution in [0.5, 0.6) is 5.75 Å². The number of hydrogen-bond acceptors (Lipinski definition) is 5. The van der Waals surface area contributed by atoms with Gasteiger partial charge in [0.25, 0.3) is 5.91 Å². The Labute approximate surface area is 177 Å². The summed E-state index contributed by atoms with van der Waals surface area (Å²) in [7, 11) is 0. The van der Waals surface area contributed by atoms with Crippen molar-refractivity contribution in [2.75, 3.05) is 11.5 Å². The Kier molecular flexibility index (Phi) is 6.63. The van der Waals surface area contributed by atoms with Crippen LogP contribution in [0.15, 0.2) is 72.8 Å². The fourth-order valence-corrected chi connectivity index (χ4v) is 3.01. The molecule has 0 aliphatic carbocycles.